The van der Waals surface area contributed by atoms with E-state index in [4.69, 9.17) is 14.6 Å². The van der Waals surface area contributed by atoms with Gasteiger partial charge in [-0.3, -0.25) is 5.32 Å². The lowest BCUT2D eigenvalue weighted by atomic mass is 10.2. The molecule has 7 nitrogen and oxygen atoms in total. The Morgan fingerprint density at radius 1 is 1.63 bits per heavy atom. The minimum atomic E-state index is -0.580. The molecule has 106 valence electrons. The van der Waals surface area contributed by atoms with Gasteiger partial charge in [0, 0.05) is 5.38 Å². The van der Waals surface area contributed by atoms with Gasteiger partial charge in [-0.1, -0.05) is 11.3 Å². The highest BCUT2D eigenvalue weighted by atomic mass is 32.1. The predicted octanol–water partition coefficient (Wildman–Crippen LogP) is 1.70. The van der Waals surface area contributed by atoms with E-state index < -0.39 is 11.7 Å². The van der Waals surface area contributed by atoms with E-state index in [0.29, 0.717) is 11.0 Å². The Labute approximate surface area is 115 Å². The molecule has 0 aliphatic carbocycles. The maximum Gasteiger partial charge on any atom is 0.412 e. The molecule has 1 aromatic heterocycles. The van der Waals surface area contributed by atoms with Crippen molar-refractivity contribution in [1.29, 1.82) is 0 Å². The van der Waals surface area contributed by atoms with Gasteiger partial charge >= 0.3 is 6.09 Å². The van der Waals surface area contributed by atoms with Crippen molar-refractivity contribution in [3.05, 3.63) is 5.38 Å². The minimum Gasteiger partial charge on any atom is -0.468 e. The van der Waals surface area contributed by atoms with E-state index >= 15 is 0 Å². The molecular formula is C11H17N3O4S. The zero-order valence-electron chi connectivity index (χ0n) is 11.0. The first kappa shape index (κ1) is 15.4. The van der Waals surface area contributed by atoms with E-state index in [9.17, 15) is 4.79 Å². The highest BCUT2D eigenvalue weighted by molar-refractivity contribution is 7.11. The Morgan fingerprint density at radius 2 is 2.37 bits per heavy atom. The van der Waals surface area contributed by atoms with Crippen LogP contribution < -0.4 is 10.1 Å². The zero-order chi connectivity index (χ0) is 14.3. The number of hydrogen-bond donors (Lipinski definition) is 2. The summed E-state index contributed by atoms with van der Waals surface area (Å²) in [6, 6.07) is 0. The molecule has 2 N–H and O–H groups in total. The van der Waals surface area contributed by atoms with Crippen molar-refractivity contribution in [2.75, 3.05) is 13.2 Å². The molecular weight excluding hydrogens is 270 g/mol. The third kappa shape index (κ3) is 6.73. The second-order valence-electron chi connectivity index (χ2n) is 4.45. The van der Waals surface area contributed by atoms with Gasteiger partial charge in [-0.05, 0) is 20.8 Å². The van der Waals surface area contributed by atoms with Crippen LogP contribution in [0, 0.1) is 0 Å². The summed E-state index contributed by atoms with van der Waals surface area (Å²) in [4.78, 5) is 19.2. The van der Waals surface area contributed by atoms with Crippen LogP contribution in [0.5, 0.6) is 5.19 Å². The molecule has 0 fully saturated rings. The summed E-state index contributed by atoms with van der Waals surface area (Å²) in [5.41, 5.74) is -0.552. The van der Waals surface area contributed by atoms with Crippen LogP contribution in [0.4, 0.5) is 10.6 Å². The molecule has 1 amide bonds. The maximum atomic E-state index is 11.3. The lowest BCUT2D eigenvalue weighted by Gasteiger charge is -2.18. The summed E-state index contributed by atoms with van der Waals surface area (Å²) in [6.07, 6.45) is 0.627. The number of nitrogens with one attached hydrogen (secondary N) is 1. The van der Waals surface area contributed by atoms with Crippen molar-refractivity contribution in [3.8, 4) is 5.19 Å². The molecule has 0 radical (unpaired) electrons. The largest absolute Gasteiger partial charge is 0.468 e. The standard InChI is InChI=1S/C11H17N3O4S/c1-11(2,3)18-9(16)13-7-12-8-6-19-10(14-8)17-5-4-15/h6-7,15H,4-5H2,1-3H3,(H,12,13,16). The molecule has 0 aromatic carbocycles. The summed E-state index contributed by atoms with van der Waals surface area (Å²) >= 11 is 1.26. The monoisotopic (exact) mass is 287 g/mol. The number of aromatic nitrogens is 1. The zero-order valence-corrected chi connectivity index (χ0v) is 11.9. The quantitative estimate of drug-likeness (QED) is 0.635. The summed E-state index contributed by atoms with van der Waals surface area (Å²) < 4.78 is 10.1. The van der Waals surface area contributed by atoms with E-state index in [2.05, 4.69) is 15.3 Å². The van der Waals surface area contributed by atoms with Crippen LogP contribution in [-0.2, 0) is 4.74 Å². The van der Waals surface area contributed by atoms with Crippen molar-refractivity contribution in [2.45, 2.75) is 26.4 Å². The lowest BCUT2D eigenvalue weighted by molar-refractivity contribution is 0.0565. The Balaban J connectivity index is 2.40. The Hall–Kier alpha value is -1.67. The average molecular weight is 287 g/mol. The smallest absolute Gasteiger partial charge is 0.412 e. The number of aliphatic hydroxyl groups is 1. The van der Waals surface area contributed by atoms with Crippen molar-refractivity contribution >= 4 is 29.6 Å². The van der Waals surface area contributed by atoms with Crippen LogP contribution in [0.25, 0.3) is 0 Å². The summed E-state index contributed by atoms with van der Waals surface area (Å²) in [5.74, 6) is 0.411. The topological polar surface area (TPSA) is 93.0 Å². The number of ether oxygens (including phenoxy) is 2. The van der Waals surface area contributed by atoms with E-state index in [1.54, 1.807) is 26.2 Å². The van der Waals surface area contributed by atoms with Crippen LogP contribution in [0.2, 0.25) is 0 Å². The van der Waals surface area contributed by atoms with Crippen LogP contribution in [0.15, 0.2) is 10.4 Å². The van der Waals surface area contributed by atoms with Crippen LogP contribution >= 0.6 is 11.3 Å². The fraction of sp³-hybridized carbons (Fsp3) is 0.545. The first-order valence-corrected chi connectivity index (χ1v) is 6.50. The third-order valence-corrected chi connectivity index (χ3v) is 2.31. The number of hydrogen-bond acceptors (Lipinski definition) is 7. The van der Waals surface area contributed by atoms with E-state index in [0.717, 1.165) is 0 Å². The number of aliphatic hydroxyl groups excluding tert-OH is 1. The molecule has 0 aliphatic rings. The first-order valence-electron chi connectivity index (χ1n) is 5.62. The fourth-order valence-electron chi connectivity index (χ4n) is 0.967. The molecule has 0 unspecified atom stereocenters. The van der Waals surface area contributed by atoms with Gasteiger partial charge in [0.15, 0.2) is 5.82 Å². The average Bonchev–Trinajstić information content (AvgIpc) is 2.72. The second kappa shape index (κ2) is 7.05. The van der Waals surface area contributed by atoms with E-state index in [1.165, 1.54) is 17.7 Å². The summed E-state index contributed by atoms with van der Waals surface area (Å²) in [6.45, 7) is 5.43. The highest BCUT2D eigenvalue weighted by Gasteiger charge is 2.14. The lowest BCUT2D eigenvalue weighted by Crippen LogP contribution is -2.31. The van der Waals surface area contributed by atoms with Gasteiger partial charge < -0.3 is 14.6 Å². The number of carbonyl (C=O) groups excluding carboxylic acids is 1. The van der Waals surface area contributed by atoms with Crippen molar-refractivity contribution in [2.24, 2.45) is 4.99 Å². The fourth-order valence-corrected chi connectivity index (χ4v) is 1.58. The molecule has 1 rings (SSSR count). The van der Waals surface area contributed by atoms with Crippen LogP contribution in [0.3, 0.4) is 0 Å². The van der Waals surface area contributed by atoms with Gasteiger partial charge in [0.1, 0.15) is 12.2 Å². The molecule has 19 heavy (non-hydrogen) atoms. The molecule has 1 aromatic rings. The molecule has 0 bridgehead atoms. The number of carbonyl (C=O) groups is 1. The van der Waals surface area contributed by atoms with Gasteiger partial charge in [0.25, 0.3) is 5.19 Å². The first-order chi connectivity index (χ1) is 8.90. The number of nitrogens with zero attached hydrogens (tertiary/aromatic N) is 2. The van der Waals surface area contributed by atoms with Crippen LogP contribution in [0.1, 0.15) is 20.8 Å². The third-order valence-electron chi connectivity index (χ3n) is 1.57. The van der Waals surface area contributed by atoms with Crippen molar-refractivity contribution in [1.82, 2.24) is 10.3 Å². The van der Waals surface area contributed by atoms with E-state index in [1.807, 2.05) is 0 Å². The Morgan fingerprint density at radius 3 is 3.00 bits per heavy atom. The Bertz CT molecular complexity index is 439. The van der Waals surface area contributed by atoms with E-state index in [-0.39, 0.29) is 13.2 Å². The molecule has 0 saturated heterocycles. The van der Waals surface area contributed by atoms with Gasteiger partial charge in [-0.15, -0.1) is 0 Å². The predicted molar refractivity (Wildman–Crippen MR) is 72.2 cm³/mol. The Kier molecular flexibility index (Phi) is 5.71. The molecule has 0 aliphatic heterocycles. The van der Waals surface area contributed by atoms with Crippen molar-refractivity contribution < 1.29 is 19.4 Å². The number of alkyl carbamates (subject to hydrolysis) is 1. The molecule has 0 saturated carbocycles. The van der Waals surface area contributed by atoms with Gasteiger partial charge in [0.05, 0.1) is 12.9 Å². The molecule has 8 heteroatoms. The minimum absolute atomic E-state index is 0.0711. The van der Waals surface area contributed by atoms with Gasteiger partial charge in [0.2, 0.25) is 0 Å². The maximum absolute atomic E-state index is 11.3. The number of aliphatic imine (C=N–C) groups is 1. The normalized spacial score (nSPS) is 11.6. The van der Waals surface area contributed by atoms with Crippen LogP contribution in [-0.4, -0.2) is 41.3 Å². The molecule has 1 heterocycles. The number of amides is 1. The SMILES string of the molecule is CC(C)(C)OC(=O)NC=Nc1csc(OCCO)n1. The second-order valence-corrected chi connectivity index (χ2v) is 5.27. The van der Waals surface area contributed by atoms with Gasteiger partial charge in [-0.25, -0.2) is 9.79 Å². The number of thiazole rings is 1. The molecule has 0 spiro atoms. The van der Waals surface area contributed by atoms with Crippen molar-refractivity contribution in [3.63, 3.8) is 0 Å². The number of rotatable bonds is 5. The van der Waals surface area contributed by atoms with Gasteiger partial charge in [-0.2, -0.15) is 4.98 Å². The summed E-state index contributed by atoms with van der Waals surface area (Å²) in [5, 5.41) is 13.0. The summed E-state index contributed by atoms with van der Waals surface area (Å²) in [7, 11) is 0. The molecule has 0 atom stereocenters. The highest BCUT2D eigenvalue weighted by Crippen LogP contribution is 2.22.